The fraction of sp³-hybridized carbons (Fsp3) is 0.500. The van der Waals surface area contributed by atoms with E-state index in [0.29, 0.717) is 0 Å². The van der Waals surface area contributed by atoms with E-state index in [1.54, 1.807) is 0 Å². The molecular formula is C12H27N. The van der Waals surface area contributed by atoms with Gasteiger partial charge < -0.3 is 6.15 Å². The molecule has 1 nitrogen and oxygen atoms in total. The zero-order valence-electron chi connectivity index (χ0n) is 10.2. The van der Waals surface area contributed by atoms with Crippen molar-refractivity contribution in [2.75, 3.05) is 0 Å². The van der Waals surface area contributed by atoms with Gasteiger partial charge in [0.1, 0.15) is 0 Å². The Hall–Kier alpha value is -0.820. The van der Waals surface area contributed by atoms with E-state index in [0.717, 1.165) is 0 Å². The standard InChI is InChI=1S/C6H6.3C2H6.H3N/c1-2-4-6-5-3-1;3*1-2;/h1-6H;3*1-2H3;1H3. The van der Waals surface area contributed by atoms with Crippen molar-refractivity contribution in [3.63, 3.8) is 0 Å². The first-order valence-electron chi connectivity index (χ1n) is 5.00. The summed E-state index contributed by atoms with van der Waals surface area (Å²) < 4.78 is 0. The number of rotatable bonds is 0. The van der Waals surface area contributed by atoms with Crippen LogP contribution in [0, 0.1) is 0 Å². The summed E-state index contributed by atoms with van der Waals surface area (Å²) in [5, 5.41) is 0. The first-order valence-corrected chi connectivity index (χ1v) is 5.00. The smallest absolute Gasteiger partial charge is 0.0623 e. The third-order valence-corrected chi connectivity index (χ3v) is 0.667. The molecule has 0 fully saturated rings. The van der Waals surface area contributed by atoms with E-state index in [1.165, 1.54) is 0 Å². The maximum Gasteiger partial charge on any atom is -0.0623 e. The molecule has 0 aliphatic heterocycles. The highest BCUT2D eigenvalue weighted by Gasteiger charge is 1.57. The normalized spacial score (nSPS) is 5.08. The average molecular weight is 185 g/mol. The molecule has 3 N–H and O–H groups in total. The van der Waals surface area contributed by atoms with Crippen LogP contribution in [0.1, 0.15) is 41.5 Å². The van der Waals surface area contributed by atoms with Crippen molar-refractivity contribution < 1.29 is 0 Å². The Morgan fingerprint density at radius 2 is 0.462 bits per heavy atom. The molecule has 0 aliphatic rings. The maximum absolute atomic E-state index is 2.00. The van der Waals surface area contributed by atoms with Crippen LogP contribution in [0.4, 0.5) is 0 Å². The Morgan fingerprint density at radius 1 is 0.385 bits per heavy atom. The van der Waals surface area contributed by atoms with Crippen molar-refractivity contribution in [1.82, 2.24) is 6.15 Å². The Kier molecular flexibility index (Phi) is 75.6. The van der Waals surface area contributed by atoms with Gasteiger partial charge >= 0.3 is 0 Å². The monoisotopic (exact) mass is 185 g/mol. The number of hydrogen-bond donors (Lipinski definition) is 1. The van der Waals surface area contributed by atoms with Gasteiger partial charge in [0.2, 0.25) is 0 Å². The minimum atomic E-state index is 0. The fourth-order valence-corrected chi connectivity index (χ4v) is 0.385. The van der Waals surface area contributed by atoms with Crippen molar-refractivity contribution in [2.24, 2.45) is 0 Å². The van der Waals surface area contributed by atoms with Crippen molar-refractivity contribution in [2.45, 2.75) is 41.5 Å². The molecule has 1 heteroatoms. The molecule has 1 aromatic carbocycles. The van der Waals surface area contributed by atoms with Gasteiger partial charge in [-0.25, -0.2) is 0 Å². The summed E-state index contributed by atoms with van der Waals surface area (Å²) in [5.74, 6) is 0. The molecule has 80 valence electrons. The highest BCUT2D eigenvalue weighted by atomic mass is 14.0. The second kappa shape index (κ2) is 43.2. The molecular weight excluding hydrogens is 158 g/mol. The quantitative estimate of drug-likeness (QED) is 0.611. The molecule has 0 amide bonds. The highest BCUT2D eigenvalue weighted by molar-refractivity contribution is 4.99. The Bertz CT molecular complexity index is 77.0. The summed E-state index contributed by atoms with van der Waals surface area (Å²) in [7, 11) is 0. The molecule has 0 radical (unpaired) electrons. The van der Waals surface area contributed by atoms with Gasteiger partial charge in [-0.1, -0.05) is 77.9 Å². The van der Waals surface area contributed by atoms with Crippen LogP contribution in [0.25, 0.3) is 0 Å². The lowest BCUT2D eigenvalue weighted by Crippen LogP contribution is -1.47. The molecule has 1 aromatic rings. The first kappa shape index (κ1) is 22.8. The summed E-state index contributed by atoms with van der Waals surface area (Å²) in [6.45, 7) is 12.0. The Balaban J connectivity index is -0.0000000508. The summed E-state index contributed by atoms with van der Waals surface area (Å²) in [6.07, 6.45) is 0. The second-order valence-corrected chi connectivity index (χ2v) is 1.15. The summed E-state index contributed by atoms with van der Waals surface area (Å²) in [6, 6.07) is 12.0. The van der Waals surface area contributed by atoms with Gasteiger partial charge in [-0.2, -0.15) is 0 Å². The predicted octanol–water partition coefficient (Wildman–Crippen LogP) is 4.93. The van der Waals surface area contributed by atoms with Gasteiger partial charge in [0.05, 0.1) is 0 Å². The fourth-order valence-electron chi connectivity index (χ4n) is 0.385. The number of hydrogen-bond acceptors (Lipinski definition) is 1. The van der Waals surface area contributed by atoms with Crippen LogP contribution in [-0.4, -0.2) is 0 Å². The molecule has 0 bridgehead atoms. The van der Waals surface area contributed by atoms with E-state index in [-0.39, 0.29) is 6.15 Å². The van der Waals surface area contributed by atoms with Crippen LogP contribution in [0.2, 0.25) is 0 Å². The van der Waals surface area contributed by atoms with Crippen LogP contribution in [-0.2, 0) is 0 Å². The van der Waals surface area contributed by atoms with E-state index in [4.69, 9.17) is 0 Å². The van der Waals surface area contributed by atoms with Crippen LogP contribution >= 0.6 is 0 Å². The van der Waals surface area contributed by atoms with Crippen LogP contribution < -0.4 is 6.15 Å². The highest BCUT2D eigenvalue weighted by Crippen LogP contribution is 1.79. The van der Waals surface area contributed by atoms with E-state index in [2.05, 4.69) is 0 Å². The van der Waals surface area contributed by atoms with Gasteiger partial charge in [0.25, 0.3) is 0 Å². The van der Waals surface area contributed by atoms with Crippen molar-refractivity contribution in [3.05, 3.63) is 36.4 Å². The second-order valence-electron chi connectivity index (χ2n) is 1.15. The van der Waals surface area contributed by atoms with E-state index in [9.17, 15) is 0 Å². The molecule has 13 heavy (non-hydrogen) atoms. The lowest BCUT2D eigenvalue weighted by atomic mass is 10.4. The lowest BCUT2D eigenvalue weighted by Gasteiger charge is -1.69. The molecule has 0 aliphatic carbocycles. The molecule has 1 rings (SSSR count). The first-order chi connectivity index (χ1) is 6.00. The van der Waals surface area contributed by atoms with E-state index < -0.39 is 0 Å². The number of benzene rings is 1. The Morgan fingerprint density at radius 3 is 0.538 bits per heavy atom. The minimum absolute atomic E-state index is 0. The van der Waals surface area contributed by atoms with Crippen molar-refractivity contribution in [1.29, 1.82) is 0 Å². The summed E-state index contributed by atoms with van der Waals surface area (Å²) in [5.41, 5.74) is 0. The van der Waals surface area contributed by atoms with E-state index >= 15 is 0 Å². The lowest BCUT2D eigenvalue weighted by molar-refractivity contribution is 1.50. The Labute approximate surface area is 84.8 Å². The van der Waals surface area contributed by atoms with Crippen LogP contribution in [0.5, 0.6) is 0 Å². The van der Waals surface area contributed by atoms with E-state index in [1.807, 2.05) is 77.9 Å². The molecule has 0 atom stereocenters. The minimum Gasteiger partial charge on any atom is -0.344 e. The average Bonchev–Trinajstić information content (AvgIpc) is 2.29. The van der Waals surface area contributed by atoms with Gasteiger partial charge in [0, 0.05) is 0 Å². The molecule has 0 heterocycles. The summed E-state index contributed by atoms with van der Waals surface area (Å²) in [4.78, 5) is 0. The van der Waals surface area contributed by atoms with Crippen molar-refractivity contribution in [3.8, 4) is 0 Å². The topological polar surface area (TPSA) is 35.0 Å². The van der Waals surface area contributed by atoms with Crippen molar-refractivity contribution >= 4 is 0 Å². The molecule has 0 aromatic heterocycles. The predicted molar refractivity (Wildman–Crippen MR) is 65.5 cm³/mol. The molecule has 0 saturated carbocycles. The largest absolute Gasteiger partial charge is 0.344 e. The van der Waals surface area contributed by atoms with Gasteiger partial charge in [-0.15, -0.1) is 0 Å². The zero-order valence-corrected chi connectivity index (χ0v) is 10.2. The summed E-state index contributed by atoms with van der Waals surface area (Å²) >= 11 is 0. The SMILES string of the molecule is CC.CC.CC.N.c1ccccc1. The zero-order chi connectivity index (χ0) is 10.2. The maximum atomic E-state index is 2.00. The third kappa shape index (κ3) is 35.1. The molecule has 0 spiro atoms. The molecule has 0 saturated heterocycles. The molecule has 0 unspecified atom stereocenters. The van der Waals surface area contributed by atoms with Crippen LogP contribution in [0.15, 0.2) is 36.4 Å². The van der Waals surface area contributed by atoms with Crippen LogP contribution in [0.3, 0.4) is 0 Å². The van der Waals surface area contributed by atoms with Gasteiger partial charge in [0.15, 0.2) is 0 Å². The van der Waals surface area contributed by atoms with Gasteiger partial charge in [-0.3, -0.25) is 0 Å². The third-order valence-electron chi connectivity index (χ3n) is 0.667. The van der Waals surface area contributed by atoms with Gasteiger partial charge in [-0.05, 0) is 0 Å².